The SMILES string of the molecule is CCCCCCCCCC(=O)NC(Cc1c[nH]c2ccccc12)C(=O)NC(CCC(=O)O)C(=O)NC(CC(N)=O)C(=O)NC1C(=O)N(C)CC(=O)NC(C)C(=O)NC(CC(=O)O)C(=O)NC(CCCCN)C(=O)NC(CC(=O)O)C(=O)NCC(=O)NC(CC(N)=O)C(=O)NC(C(C)CC(=O)O)C(=O)NC(C(C)CC)C(=O)OC1C. The number of cyclic esters (lactones) is 1. The van der Waals surface area contributed by atoms with Gasteiger partial charge in [-0.05, 0) is 76.0 Å². The molecular weight excluding hydrogens is 1500 g/mol. The van der Waals surface area contributed by atoms with Gasteiger partial charge in [-0.1, -0.05) is 90.8 Å². The van der Waals surface area contributed by atoms with Crippen LogP contribution in [-0.2, 0) is 107 Å². The van der Waals surface area contributed by atoms with Crippen molar-refractivity contribution in [3.63, 3.8) is 0 Å². The Balaban J connectivity index is 2.25. The summed E-state index contributed by atoms with van der Waals surface area (Å²) in [6, 6.07) is -14.3. The Labute approximate surface area is 656 Å². The van der Waals surface area contributed by atoms with Gasteiger partial charge in [0.15, 0.2) is 0 Å². The lowest BCUT2D eigenvalue weighted by Gasteiger charge is -2.32. The third kappa shape index (κ3) is 34.0. The Bertz CT molecular complexity index is 3780. The fourth-order valence-corrected chi connectivity index (χ4v) is 11.9. The standard InChI is InChI=1S/C72H109N17O25/c1-8-10-11-12-13-14-15-23-52(92)79-45(28-40-33-76-42-21-17-16-20-41(40)42)66(107)82-44(24-25-55(95)96)65(106)84-47(30-51(75)91)69(110)88-61-39(6)114-72(113)60(36(3)9-2)87-70(111)59(37(4)27-56(97)98)86-68(109)46(29-50(74)90)80-53(93)34-77-63(104)48(31-57(99)100)85-64(105)43(22-18-19-26-73)81-67(108)49(32-58(101)102)83-62(103)38(5)78-54(94)35-89(7)71(61)112/h16-17,20-21,33,36-39,43-49,59-61,76H,8-15,18-19,22-32,34-35,73H2,1-7H3,(H2,74,90)(H2,75,91)(H,77,104)(H,78,94)(H,79,92)(H,80,93)(H,81,108)(H,82,107)(H,83,103)(H,84,106)(H,85,105)(H,86,109)(H,87,111)(H,88,110)(H,95,96)(H,97,98)(H,99,100)(H,101,102). The van der Waals surface area contributed by atoms with Crippen molar-refractivity contribution in [2.45, 2.75) is 243 Å². The number of esters is 1. The molecule has 14 atom stereocenters. The minimum absolute atomic E-state index is 0.000468. The van der Waals surface area contributed by atoms with Gasteiger partial charge in [0.05, 0.1) is 45.2 Å². The molecule has 1 fully saturated rings. The van der Waals surface area contributed by atoms with E-state index in [9.17, 15) is 116 Å². The second-order valence-electron chi connectivity index (χ2n) is 28.0. The molecule has 632 valence electrons. The van der Waals surface area contributed by atoms with Gasteiger partial charge in [-0.3, -0.25) is 91.1 Å². The monoisotopic (exact) mass is 1610 g/mol. The maximum absolute atomic E-state index is 15.0. The van der Waals surface area contributed by atoms with Gasteiger partial charge < -0.3 is 116 Å². The highest BCUT2D eigenvalue weighted by molar-refractivity contribution is 6.02. The van der Waals surface area contributed by atoms with Gasteiger partial charge in [0, 0.05) is 43.4 Å². The molecule has 0 saturated carbocycles. The van der Waals surface area contributed by atoms with E-state index in [1.54, 1.807) is 30.5 Å². The number of benzene rings is 1. The third-order valence-corrected chi connectivity index (χ3v) is 18.4. The molecule has 0 aliphatic carbocycles. The summed E-state index contributed by atoms with van der Waals surface area (Å²) in [4.78, 5) is 276. The number of amides is 15. The molecule has 42 nitrogen and oxygen atoms in total. The normalized spacial score (nSPS) is 21.7. The van der Waals surface area contributed by atoms with Gasteiger partial charge in [-0.2, -0.15) is 0 Å². The first kappa shape index (κ1) is 96.3. The maximum atomic E-state index is 15.0. The van der Waals surface area contributed by atoms with Crippen molar-refractivity contribution in [2.24, 2.45) is 29.0 Å². The molecule has 1 aromatic heterocycles. The number of nitrogens with zero attached hydrogens (tertiary/aromatic N) is 1. The van der Waals surface area contributed by atoms with Gasteiger partial charge in [0.2, 0.25) is 88.6 Å². The van der Waals surface area contributed by atoms with E-state index in [1.165, 1.54) is 13.8 Å². The first-order chi connectivity index (χ1) is 53.7. The van der Waals surface area contributed by atoms with Crippen LogP contribution in [0, 0.1) is 11.8 Å². The number of nitrogens with two attached hydrogens (primary N) is 3. The summed E-state index contributed by atoms with van der Waals surface area (Å²) in [7, 11) is 0.949. The molecule has 0 spiro atoms. The van der Waals surface area contributed by atoms with E-state index < -0.39 is 261 Å². The molecule has 3 rings (SSSR count). The van der Waals surface area contributed by atoms with Crippen molar-refractivity contribution in [1.29, 1.82) is 0 Å². The molecule has 2 heterocycles. The largest absolute Gasteiger partial charge is 0.481 e. The highest BCUT2D eigenvalue weighted by atomic mass is 16.5. The van der Waals surface area contributed by atoms with E-state index >= 15 is 0 Å². The Kier molecular flexibility index (Phi) is 41.2. The molecule has 1 aromatic carbocycles. The van der Waals surface area contributed by atoms with Crippen molar-refractivity contribution in [2.75, 3.05) is 26.7 Å². The van der Waals surface area contributed by atoms with Crippen LogP contribution in [0.2, 0.25) is 0 Å². The summed E-state index contributed by atoms with van der Waals surface area (Å²) in [5.41, 5.74) is 17.9. The number of carboxylic acid groups (broad SMARTS) is 4. The van der Waals surface area contributed by atoms with Crippen LogP contribution in [0.5, 0.6) is 0 Å². The van der Waals surface area contributed by atoms with Crippen LogP contribution < -0.4 is 81.0 Å². The molecule has 1 aliphatic heterocycles. The van der Waals surface area contributed by atoms with Crippen LogP contribution in [0.3, 0.4) is 0 Å². The summed E-state index contributed by atoms with van der Waals surface area (Å²) < 4.78 is 5.81. The molecule has 0 bridgehead atoms. The summed E-state index contributed by atoms with van der Waals surface area (Å²) in [5, 5.41) is 67.2. The van der Waals surface area contributed by atoms with Gasteiger partial charge in [0.25, 0.3) is 0 Å². The Morgan fingerprint density at radius 2 is 1.13 bits per heavy atom. The van der Waals surface area contributed by atoms with Crippen molar-refractivity contribution in [3.05, 3.63) is 36.0 Å². The zero-order chi connectivity index (χ0) is 85.6. The fourth-order valence-electron chi connectivity index (χ4n) is 11.9. The van der Waals surface area contributed by atoms with Crippen LogP contribution in [0.1, 0.15) is 169 Å². The number of aliphatic carboxylic acids is 4. The van der Waals surface area contributed by atoms with Crippen LogP contribution in [0.15, 0.2) is 30.5 Å². The van der Waals surface area contributed by atoms with E-state index in [-0.39, 0.29) is 45.1 Å². The molecule has 14 unspecified atom stereocenters. The molecule has 1 saturated heterocycles. The van der Waals surface area contributed by atoms with Gasteiger partial charge >= 0.3 is 29.8 Å². The molecule has 1 aliphatic rings. The lowest BCUT2D eigenvalue weighted by Crippen LogP contribution is -2.62. The highest BCUT2D eigenvalue weighted by Crippen LogP contribution is 2.22. The van der Waals surface area contributed by atoms with Crippen molar-refractivity contribution >= 4 is 129 Å². The number of ether oxygens (including phenoxy) is 1. The topological polar surface area (TPSA) is 673 Å². The number of carboxylic acids is 4. The molecular formula is C72H109N17O25. The lowest BCUT2D eigenvalue weighted by molar-refractivity contribution is -0.159. The Hall–Kier alpha value is -11.9. The molecule has 15 amide bonds. The number of hydrogen-bond donors (Lipinski definition) is 20. The molecule has 2 aromatic rings. The predicted molar refractivity (Wildman–Crippen MR) is 401 cm³/mol. The van der Waals surface area contributed by atoms with Crippen LogP contribution >= 0.6 is 0 Å². The fraction of sp³-hybridized carbons (Fsp3) is 0.611. The van der Waals surface area contributed by atoms with Crippen molar-refractivity contribution in [3.8, 4) is 0 Å². The number of rotatable bonds is 37. The first-order valence-corrected chi connectivity index (χ1v) is 37.4. The van der Waals surface area contributed by atoms with E-state index in [1.807, 2.05) is 5.32 Å². The van der Waals surface area contributed by atoms with Gasteiger partial charge in [-0.25, -0.2) is 4.79 Å². The van der Waals surface area contributed by atoms with Gasteiger partial charge in [0.1, 0.15) is 72.6 Å². The number of para-hydroxylation sites is 1. The second-order valence-corrected chi connectivity index (χ2v) is 28.0. The van der Waals surface area contributed by atoms with E-state index in [4.69, 9.17) is 21.9 Å². The number of carbonyl (C=O) groups is 20. The summed E-state index contributed by atoms with van der Waals surface area (Å²) in [6.45, 7) is 6.01. The zero-order valence-corrected chi connectivity index (χ0v) is 64.8. The number of fused-ring (bicyclic) bond motifs is 1. The van der Waals surface area contributed by atoms with E-state index in [2.05, 4.69) is 70.4 Å². The smallest absolute Gasteiger partial charge is 0.329 e. The molecule has 0 radical (unpaired) electrons. The molecule has 114 heavy (non-hydrogen) atoms. The van der Waals surface area contributed by atoms with Gasteiger partial charge in [-0.15, -0.1) is 0 Å². The minimum Gasteiger partial charge on any atom is -0.481 e. The molecule has 42 heteroatoms. The molecule has 23 N–H and O–H groups in total. The maximum Gasteiger partial charge on any atom is 0.329 e. The quantitative estimate of drug-likeness (QED) is 0.0224. The average molecular weight is 1610 g/mol. The van der Waals surface area contributed by atoms with E-state index in [0.717, 1.165) is 59.9 Å². The van der Waals surface area contributed by atoms with Crippen LogP contribution in [0.25, 0.3) is 10.9 Å². The van der Waals surface area contributed by atoms with Crippen molar-refractivity contribution in [1.82, 2.24) is 73.7 Å². The number of H-pyrrole nitrogens is 1. The van der Waals surface area contributed by atoms with Crippen LogP contribution in [-0.4, -0.2) is 248 Å². The number of nitrogens with one attached hydrogen (secondary N) is 13. The van der Waals surface area contributed by atoms with E-state index in [0.29, 0.717) is 34.2 Å². The second kappa shape index (κ2) is 48.8. The Morgan fingerprint density at radius 1 is 0.561 bits per heavy atom. The summed E-state index contributed by atoms with van der Waals surface area (Å²) in [5.74, 6) is -29.0. The lowest BCUT2D eigenvalue weighted by atomic mass is 9.94. The Morgan fingerprint density at radius 3 is 1.74 bits per heavy atom. The minimum atomic E-state index is -2.27. The van der Waals surface area contributed by atoms with Crippen LogP contribution in [0.4, 0.5) is 0 Å². The predicted octanol–water partition coefficient (Wildman–Crippen LogP) is -4.43. The number of aromatic amines is 1. The summed E-state index contributed by atoms with van der Waals surface area (Å²) >= 11 is 0. The zero-order valence-electron chi connectivity index (χ0n) is 64.8. The number of carbonyl (C=O) groups excluding carboxylic acids is 16. The number of aromatic nitrogens is 1. The number of hydrogen-bond acceptors (Lipinski definition) is 22. The number of unbranched alkanes of at least 4 members (excludes halogenated alkanes) is 7. The van der Waals surface area contributed by atoms with Crippen molar-refractivity contribution < 1.29 is 121 Å². The number of likely N-dealkylation sites (N-methyl/N-ethyl adjacent to an activating group) is 1. The number of primary amides is 2. The highest BCUT2D eigenvalue weighted by Gasteiger charge is 2.42. The third-order valence-electron chi connectivity index (χ3n) is 18.4. The summed E-state index contributed by atoms with van der Waals surface area (Å²) in [6.07, 6.45) is -1.46. The average Bonchev–Trinajstić information content (AvgIpc) is 1.54. The first-order valence-electron chi connectivity index (χ1n) is 37.4.